The van der Waals surface area contributed by atoms with Crippen LogP contribution < -0.4 is 0 Å². The molecule has 18 heavy (non-hydrogen) atoms. The van der Waals surface area contributed by atoms with Crippen molar-refractivity contribution in [3.8, 4) is 0 Å². The summed E-state index contributed by atoms with van der Waals surface area (Å²) < 4.78 is 1.15. The van der Waals surface area contributed by atoms with E-state index in [1.165, 1.54) is 16.7 Å². The molecule has 0 aliphatic rings. The molecule has 0 heterocycles. The van der Waals surface area contributed by atoms with Gasteiger partial charge in [0.2, 0.25) is 0 Å². The zero-order chi connectivity index (χ0) is 13.1. The summed E-state index contributed by atoms with van der Waals surface area (Å²) in [6.07, 6.45) is 0.951. The van der Waals surface area contributed by atoms with Crippen LogP contribution in [0, 0.1) is 6.92 Å². The largest absolute Gasteiger partial charge is 0.0843 e. The summed E-state index contributed by atoms with van der Waals surface area (Å²) in [5.74, 6) is 0. The Bertz CT molecular complexity index is 535. The molecule has 1 atom stereocenters. The van der Waals surface area contributed by atoms with Gasteiger partial charge < -0.3 is 0 Å². The molecule has 0 spiro atoms. The second kappa shape index (κ2) is 6.23. The van der Waals surface area contributed by atoms with Crippen LogP contribution in [0.3, 0.4) is 0 Å². The second-order valence-electron chi connectivity index (χ2n) is 4.31. The van der Waals surface area contributed by atoms with E-state index in [0.717, 1.165) is 15.9 Å². The lowest BCUT2D eigenvalue weighted by atomic mass is 10.0. The normalized spacial score (nSPS) is 12.4. The minimum absolute atomic E-state index is 0.315. The van der Waals surface area contributed by atoms with Crippen molar-refractivity contribution in [1.82, 2.24) is 0 Å². The summed E-state index contributed by atoms with van der Waals surface area (Å²) in [5, 5.41) is 0.781. The van der Waals surface area contributed by atoms with Gasteiger partial charge in [-0.05, 0) is 48.2 Å². The van der Waals surface area contributed by atoms with E-state index in [-0.39, 0.29) is 0 Å². The highest BCUT2D eigenvalue weighted by atomic mass is 79.9. The molecule has 0 nitrogen and oxygen atoms in total. The monoisotopic (exact) mass is 386 g/mol. The highest BCUT2D eigenvalue weighted by Gasteiger charge is 2.09. The van der Waals surface area contributed by atoms with Crippen LogP contribution in [0.1, 0.15) is 21.5 Å². The van der Waals surface area contributed by atoms with Crippen LogP contribution in [0.5, 0.6) is 0 Å². The van der Waals surface area contributed by atoms with Gasteiger partial charge in [-0.1, -0.05) is 67.7 Å². The average molecular weight is 389 g/mol. The maximum atomic E-state index is 5.89. The van der Waals surface area contributed by atoms with Crippen molar-refractivity contribution in [2.24, 2.45) is 0 Å². The molecule has 2 rings (SSSR count). The van der Waals surface area contributed by atoms with Crippen LogP contribution in [0.15, 0.2) is 46.9 Å². The first-order chi connectivity index (χ1) is 8.56. The number of rotatable bonds is 3. The van der Waals surface area contributed by atoms with Crippen molar-refractivity contribution in [3.63, 3.8) is 0 Å². The summed E-state index contributed by atoms with van der Waals surface area (Å²) in [7, 11) is 0. The van der Waals surface area contributed by atoms with Gasteiger partial charge in [0.15, 0.2) is 0 Å². The smallest absolute Gasteiger partial charge is 0.0436 e. The molecule has 94 valence electrons. The molecule has 2 aromatic carbocycles. The Hall–Kier alpha value is -0.310. The molecular formula is C15H13Br2Cl. The van der Waals surface area contributed by atoms with Gasteiger partial charge in [0.05, 0.1) is 0 Å². The molecule has 1 unspecified atom stereocenters. The third kappa shape index (κ3) is 3.59. The molecule has 0 saturated heterocycles. The third-order valence-corrected chi connectivity index (χ3v) is 4.84. The minimum atomic E-state index is 0.315. The zero-order valence-corrected chi connectivity index (χ0v) is 13.9. The maximum Gasteiger partial charge on any atom is 0.0436 e. The predicted molar refractivity (Wildman–Crippen MR) is 85.7 cm³/mol. The van der Waals surface area contributed by atoms with E-state index in [1.54, 1.807) is 0 Å². The molecule has 0 amide bonds. The number of aryl methyl sites for hydroxylation is 1. The van der Waals surface area contributed by atoms with E-state index < -0.39 is 0 Å². The molecule has 0 fully saturated rings. The summed E-state index contributed by atoms with van der Waals surface area (Å²) in [4.78, 5) is 0.315. The Morgan fingerprint density at radius 1 is 1.11 bits per heavy atom. The van der Waals surface area contributed by atoms with E-state index in [4.69, 9.17) is 11.6 Å². The SMILES string of the molecule is Cc1ccc(C(Br)Cc2ccc(Cl)cc2)cc1Br. The second-order valence-corrected chi connectivity index (χ2v) is 6.70. The standard InChI is InChI=1S/C15H13Br2Cl/c1-10-2-5-12(9-14(10)16)15(17)8-11-3-6-13(18)7-4-11/h2-7,9,15H,8H2,1H3. The van der Waals surface area contributed by atoms with Gasteiger partial charge in [-0.25, -0.2) is 0 Å². The van der Waals surface area contributed by atoms with E-state index in [0.29, 0.717) is 4.83 Å². The van der Waals surface area contributed by atoms with Crippen molar-refractivity contribution < 1.29 is 0 Å². The average Bonchev–Trinajstić information content (AvgIpc) is 2.35. The Balaban J connectivity index is 2.13. The van der Waals surface area contributed by atoms with Crippen molar-refractivity contribution >= 4 is 43.5 Å². The molecule has 0 saturated carbocycles. The summed E-state index contributed by atoms with van der Waals surface area (Å²) in [6, 6.07) is 14.5. The number of hydrogen-bond acceptors (Lipinski definition) is 0. The van der Waals surface area contributed by atoms with Crippen LogP contribution in [0.25, 0.3) is 0 Å². The van der Waals surface area contributed by atoms with Crippen molar-refractivity contribution in [2.75, 3.05) is 0 Å². The summed E-state index contributed by atoms with van der Waals surface area (Å²) in [6.45, 7) is 2.09. The van der Waals surface area contributed by atoms with E-state index in [9.17, 15) is 0 Å². The Morgan fingerprint density at radius 2 is 1.78 bits per heavy atom. The van der Waals surface area contributed by atoms with Gasteiger partial charge in [-0.2, -0.15) is 0 Å². The molecule has 0 aliphatic heterocycles. The molecule has 0 N–H and O–H groups in total. The van der Waals surface area contributed by atoms with Crippen molar-refractivity contribution in [2.45, 2.75) is 18.2 Å². The maximum absolute atomic E-state index is 5.89. The fourth-order valence-electron chi connectivity index (χ4n) is 1.75. The summed E-state index contributed by atoms with van der Waals surface area (Å²) >= 11 is 13.2. The van der Waals surface area contributed by atoms with E-state index >= 15 is 0 Å². The first-order valence-corrected chi connectivity index (χ1v) is 7.79. The molecular weight excluding hydrogens is 375 g/mol. The molecule has 0 aromatic heterocycles. The Morgan fingerprint density at radius 3 is 2.39 bits per heavy atom. The molecule has 0 radical (unpaired) electrons. The van der Waals surface area contributed by atoms with Gasteiger partial charge in [0.25, 0.3) is 0 Å². The fraction of sp³-hybridized carbons (Fsp3) is 0.200. The lowest BCUT2D eigenvalue weighted by Crippen LogP contribution is -1.95. The quantitative estimate of drug-likeness (QED) is 0.558. The lowest BCUT2D eigenvalue weighted by Gasteiger charge is -2.12. The Labute approximate surface area is 130 Å². The summed E-state index contributed by atoms with van der Waals surface area (Å²) in [5.41, 5.74) is 3.81. The van der Waals surface area contributed by atoms with E-state index in [1.807, 2.05) is 12.1 Å². The predicted octanol–water partition coefficient (Wildman–Crippen LogP) is 6.09. The number of hydrogen-bond donors (Lipinski definition) is 0. The molecule has 3 heteroatoms. The molecule has 0 bridgehead atoms. The fourth-order valence-corrected chi connectivity index (χ4v) is 2.93. The van der Waals surface area contributed by atoms with Gasteiger partial charge in [0.1, 0.15) is 0 Å². The number of alkyl halides is 1. The van der Waals surface area contributed by atoms with Gasteiger partial charge in [-0.15, -0.1) is 0 Å². The zero-order valence-electron chi connectivity index (χ0n) is 9.96. The van der Waals surface area contributed by atoms with Crippen LogP contribution in [0.2, 0.25) is 5.02 Å². The molecule has 0 aliphatic carbocycles. The third-order valence-electron chi connectivity index (χ3n) is 2.89. The van der Waals surface area contributed by atoms with Gasteiger partial charge in [-0.3, -0.25) is 0 Å². The van der Waals surface area contributed by atoms with Crippen LogP contribution in [-0.4, -0.2) is 0 Å². The van der Waals surface area contributed by atoms with Crippen LogP contribution in [-0.2, 0) is 6.42 Å². The molecule has 2 aromatic rings. The highest BCUT2D eigenvalue weighted by molar-refractivity contribution is 9.10. The van der Waals surface area contributed by atoms with E-state index in [2.05, 4.69) is 69.1 Å². The number of benzene rings is 2. The van der Waals surface area contributed by atoms with Gasteiger partial charge >= 0.3 is 0 Å². The minimum Gasteiger partial charge on any atom is -0.0843 e. The topological polar surface area (TPSA) is 0 Å². The highest BCUT2D eigenvalue weighted by Crippen LogP contribution is 2.30. The number of halogens is 3. The van der Waals surface area contributed by atoms with Crippen molar-refractivity contribution in [3.05, 3.63) is 68.7 Å². The van der Waals surface area contributed by atoms with Gasteiger partial charge in [0, 0.05) is 14.3 Å². The van der Waals surface area contributed by atoms with Crippen LogP contribution in [0.4, 0.5) is 0 Å². The first kappa shape index (κ1) is 14.1. The first-order valence-electron chi connectivity index (χ1n) is 5.71. The van der Waals surface area contributed by atoms with Crippen LogP contribution >= 0.6 is 43.5 Å². The van der Waals surface area contributed by atoms with Crippen molar-refractivity contribution in [1.29, 1.82) is 0 Å². The lowest BCUT2D eigenvalue weighted by molar-refractivity contribution is 0.947. The Kier molecular flexibility index (Phi) is 4.88.